The van der Waals surface area contributed by atoms with Gasteiger partial charge in [0.05, 0.1) is 31.0 Å². The van der Waals surface area contributed by atoms with Crippen LogP contribution in [-0.2, 0) is 20.4 Å². The van der Waals surface area contributed by atoms with Crippen LogP contribution < -0.4 is 9.47 Å². The third kappa shape index (κ3) is 4.31. The van der Waals surface area contributed by atoms with Gasteiger partial charge in [-0.05, 0) is 6.07 Å². The molecular formula is C11H13NO8S. The molecule has 21 heavy (non-hydrogen) atoms. The second-order valence-electron chi connectivity index (χ2n) is 4.02. The van der Waals surface area contributed by atoms with Crippen molar-refractivity contribution in [2.24, 2.45) is 0 Å². The van der Waals surface area contributed by atoms with Gasteiger partial charge in [-0.15, -0.1) is 0 Å². The number of hydrogen-bond donors (Lipinski definition) is 1. The van der Waals surface area contributed by atoms with Crippen LogP contribution in [0.1, 0.15) is 5.56 Å². The first kappa shape index (κ1) is 16.7. The van der Waals surface area contributed by atoms with Gasteiger partial charge in [0.15, 0.2) is 21.3 Å². The van der Waals surface area contributed by atoms with Crippen LogP contribution in [-0.4, -0.2) is 44.4 Å². The molecule has 0 unspecified atom stereocenters. The van der Waals surface area contributed by atoms with Gasteiger partial charge in [0.1, 0.15) is 5.75 Å². The van der Waals surface area contributed by atoms with Gasteiger partial charge < -0.3 is 14.6 Å². The van der Waals surface area contributed by atoms with E-state index < -0.39 is 37.9 Å². The summed E-state index contributed by atoms with van der Waals surface area (Å²) in [6.45, 7) is 0. The molecule has 0 aliphatic heterocycles. The second kappa shape index (κ2) is 6.39. The highest BCUT2D eigenvalue weighted by Crippen LogP contribution is 2.35. The first-order valence-corrected chi connectivity index (χ1v) is 7.34. The summed E-state index contributed by atoms with van der Waals surface area (Å²) in [5.41, 5.74) is -0.652. The summed E-state index contributed by atoms with van der Waals surface area (Å²) < 4.78 is 33.2. The van der Waals surface area contributed by atoms with E-state index in [9.17, 15) is 23.3 Å². The number of nitro benzene ring substituents is 1. The Morgan fingerprint density at radius 2 is 1.81 bits per heavy atom. The normalized spacial score (nSPS) is 11.0. The van der Waals surface area contributed by atoms with Crippen LogP contribution in [0.3, 0.4) is 0 Å². The number of nitro groups is 1. The van der Waals surface area contributed by atoms with E-state index in [-0.39, 0.29) is 17.1 Å². The van der Waals surface area contributed by atoms with Crippen molar-refractivity contribution in [2.45, 2.75) is 5.75 Å². The second-order valence-corrected chi connectivity index (χ2v) is 6.08. The summed E-state index contributed by atoms with van der Waals surface area (Å²) in [4.78, 5) is 20.7. The number of aliphatic carboxylic acids is 1. The average Bonchev–Trinajstić information content (AvgIpc) is 2.35. The predicted octanol–water partition coefficient (Wildman–Crippen LogP) is 0.611. The van der Waals surface area contributed by atoms with Gasteiger partial charge in [0.2, 0.25) is 0 Å². The van der Waals surface area contributed by atoms with Crippen molar-refractivity contribution < 1.29 is 32.7 Å². The molecule has 0 heterocycles. The zero-order valence-electron chi connectivity index (χ0n) is 11.2. The third-order valence-corrected chi connectivity index (χ3v) is 3.94. The zero-order chi connectivity index (χ0) is 16.2. The van der Waals surface area contributed by atoms with Crippen LogP contribution in [0.15, 0.2) is 12.1 Å². The van der Waals surface area contributed by atoms with Crippen LogP contribution >= 0.6 is 0 Å². The molecule has 0 amide bonds. The molecule has 0 aromatic heterocycles. The van der Waals surface area contributed by atoms with Crippen molar-refractivity contribution in [2.75, 3.05) is 20.0 Å². The number of carboxylic acids is 1. The number of nitrogens with zero attached hydrogens (tertiary/aromatic N) is 1. The van der Waals surface area contributed by atoms with Crippen molar-refractivity contribution in [3.05, 3.63) is 27.8 Å². The summed E-state index contributed by atoms with van der Waals surface area (Å²) in [7, 11) is -1.46. The smallest absolute Gasteiger partial charge is 0.318 e. The Morgan fingerprint density at radius 1 is 1.29 bits per heavy atom. The van der Waals surface area contributed by atoms with Gasteiger partial charge in [-0.1, -0.05) is 0 Å². The molecule has 0 fully saturated rings. The number of rotatable bonds is 7. The Balaban J connectivity index is 3.34. The molecule has 1 aromatic rings. The SMILES string of the molecule is COc1cc(CS(=O)(=O)CC(=O)O)c([N+](=O)[O-])cc1OC. The maximum atomic E-state index is 11.7. The molecule has 116 valence electrons. The topological polar surface area (TPSA) is 133 Å². The predicted molar refractivity (Wildman–Crippen MR) is 71.3 cm³/mol. The van der Waals surface area contributed by atoms with E-state index in [2.05, 4.69) is 0 Å². The van der Waals surface area contributed by atoms with E-state index in [4.69, 9.17) is 14.6 Å². The summed E-state index contributed by atoms with van der Waals surface area (Å²) in [6.07, 6.45) is 0. The van der Waals surface area contributed by atoms with E-state index in [1.807, 2.05) is 0 Å². The molecule has 10 heteroatoms. The minimum Gasteiger partial charge on any atom is -0.493 e. The fourth-order valence-corrected chi connectivity index (χ4v) is 2.86. The van der Waals surface area contributed by atoms with Crippen LogP contribution in [0.25, 0.3) is 0 Å². The van der Waals surface area contributed by atoms with Crippen LogP contribution in [0.2, 0.25) is 0 Å². The summed E-state index contributed by atoms with van der Waals surface area (Å²) >= 11 is 0. The van der Waals surface area contributed by atoms with Gasteiger partial charge in [-0.3, -0.25) is 14.9 Å². The molecule has 0 radical (unpaired) electrons. The summed E-state index contributed by atoms with van der Waals surface area (Å²) in [5, 5.41) is 19.5. The molecule has 1 N–H and O–H groups in total. The van der Waals surface area contributed by atoms with Crippen molar-refractivity contribution in [1.29, 1.82) is 0 Å². The largest absolute Gasteiger partial charge is 0.493 e. The fraction of sp³-hybridized carbons (Fsp3) is 0.364. The number of benzene rings is 1. The lowest BCUT2D eigenvalue weighted by Crippen LogP contribution is -2.17. The van der Waals surface area contributed by atoms with Crippen LogP contribution in [0, 0.1) is 10.1 Å². The summed E-state index contributed by atoms with van der Waals surface area (Å²) in [5.74, 6) is -3.24. The number of carbonyl (C=O) groups is 1. The Hall–Kier alpha value is -2.36. The van der Waals surface area contributed by atoms with E-state index >= 15 is 0 Å². The first-order chi connectivity index (χ1) is 9.70. The first-order valence-electron chi connectivity index (χ1n) is 5.51. The Bertz CT molecular complexity index is 667. The molecule has 0 saturated carbocycles. The highest BCUT2D eigenvalue weighted by Gasteiger charge is 2.25. The van der Waals surface area contributed by atoms with Gasteiger partial charge in [-0.25, -0.2) is 8.42 Å². The monoisotopic (exact) mass is 319 g/mol. The molecule has 0 spiro atoms. The van der Waals surface area contributed by atoms with Crippen molar-refractivity contribution in [3.63, 3.8) is 0 Å². The Kier molecular flexibility index (Phi) is 5.08. The molecule has 0 aliphatic rings. The maximum absolute atomic E-state index is 11.7. The van der Waals surface area contributed by atoms with E-state index in [0.29, 0.717) is 0 Å². The lowest BCUT2D eigenvalue weighted by Gasteiger charge is -2.10. The highest BCUT2D eigenvalue weighted by molar-refractivity contribution is 7.91. The number of sulfone groups is 1. The van der Waals surface area contributed by atoms with Gasteiger partial charge >= 0.3 is 5.97 Å². The average molecular weight is 319 g/mol. The number of carboxylic acid groups (broad SMARTS) is 1. The molecular weight excluding hydrogens is 306 g/mol. The highest BCUT2D eigenvalue weighted by atomic mass is 32.2. The Labute approximate surface area is 120 Å². The fourth-order valence-electron chi connectivity index (χ4n) is 1.67. The zero-order valence-corrected chi connectivity index (χ0v) is 12.0. The third-order valence-electron chi connectivity index (χ3n) is 2.50. The lowest BCUT2D eigenvalue weighted by molar-refractivity contribution is -0.385. The van der Waals surface area contributed by atoms with Gasteiger partial charge in [0.25, 0.3) is 5.69 Å². The quantitative estimate of drug-likeness (QED) is 0.571. The molecule has 0 atom stereocenters. The molecule has 0 saturated heterocycles. The van der Waals surface area contributed by atoms with Gasteiger partial charge in [-0.2, -0.15) is 0 Å². The molecule has 0 bridgehead atoms. The molecule has 1 rings (SSSR count). The number of ether oxygens (including phenoxy) is 2. The van der Waals surface area contributed by atoms with E-state index in [0.717, 1.165) is 12.1 Å². The van der Waals surface area contributed by atoms with Crippen molar-refractivity contribution >= 4 is 21.5 Å². The van der Waals surface area contributed by atoms with E-state index in [1.165, 1.54) is 14.2 Å². The molecule has 0 aliphatic carbocycles. The minimum atomic E-state index is -4.03. The van der Waals surface area contributed by atoms with Crippen molar-refractivity contribution in [3.8, 4) is 11.5 Å². The number of methoxy groups -OCH3 is 2. The number of hydrogen-bond acceptors (Lipinski definition) is 7. The maximum Gasteiger partial charge on any atom is 0.318 e. The van der Waals surface area contributed by atoms with E-state index in [1.54, 1.807) is 0 Å². The molecule has 9 nitrogen and oxygen atoms in total. The van der Waals surface area contributed by atoms with Crippen LogP contribution in [0.5, 0.6) is 11.5 Å². The lowest BCUT2D eigenvalue weighted by atomic mass is 10.2. The standard InChI is InChI=1S/C11H13NO8S/c1-19-9-3-7(5-21(17,18)6-11(13)14)8(12(15)16)4-10(9)20-2/h3-4H,5-6H2,1-2H3,(H,13,14). The minimum absolute atomic E-state index is 0.0728. The Morgan fingerprint density at radius 3 is 2.24 bits per heavy atom. The van der Waals surface area contributed by atoms with Crippen LogP contribution in [0.4, 0.5) is 5.69 Å². The van der Waals surface area contributed by atoms with Crippen molar-refractivity contribution in [1.82, 2.24) is 0 Å². The molecule has 1 aromatic carbocycles. The van der Waals surface area contributed by atoms with Gasteiger partial charge in [0, 0.05) is 5.56 Å². The summed E-state index contributed by atoms with van der Waals surface area (Å²) in [6, 6.07) is 2.18.